The Kier molecular flexibility index (Phi) is 4.62. The van der Waals surface area contributed by atoms with Gasteiger partial charge in [-0.2, -0.15) is 18.3 Å². The molecular weight excluding hydrogens is 281 g/mol. The van der Waals surface area contributed by atoms with Gasteiger partial charge in [0.2, 0.25) is 0 Å². The number of nitrogens with one attached hydrogen (secondary N) is 1. The molecule has 0 bridgehead atoms. The molecule has 0 radical (unpaired) electrons. The maximum atomic E-state index is 12.5. The number of aromatic nitrogens is 3. The van der Waals surface area contributed by atoms with Crippen molar-refractivity contribution >= 4 is 0 Å². The summed E-state index contributed by atoms with van der Waals surface area (Å²) in [6, 6.07) is 3.67. The Morgan fingerprint density at radius 3 is 2.48 bits per heavy atom. The van der Waals surface area contributed by atoms with E-state index in [0.29, 0.717) is 5.69 Å². The second-order valence-electron chi connectivity index (χ2n) is 4.63. The summed E-state index contributed by atoms with van der Waals surface area (Å²) in [6.07, 6.45) is -0.202. The van der Waals surface area contributed by atoms with E-state index in [2.05, 4.69) is 15.4 Å². The van der Waals surface area contributed by atoms with E-state index in [9.17, 15) is 13.2 Å². The minimum atomic E-state index is -4.38. The largest absolute Gasteiger partial charge is 0.419 e. The SMILES string of the molecule is CCNC(CC)c1ccc(-n2cc(C(F)(F)F)cn2)cn1. The van der Waals surface area contributed by atoms with Crippen molar-refractivity contribution < 1.29 is 13.2 Å². The highest BCUT2D eigenvalue weighted by Crippen LogP contribution is 2.29. The molecule has 2 heterocycles. The molecule has 7 heteroatoms. The van der Waals surface area contributed by atoms with Crippen molar-refractivity contribution in [1.29, 1.82) is 0 Å². The van der Waals surface area contributed by atoms with Crippen LogP contribution in [0.25, 0.3) is 5.69 Å². The predicted octanol–water partition coefficient (Wildman–Crippen LogP) is 3.35. The zero-order chi connectivity index (χ0) is 15.5. The van der Waals surface area contributed by atoms with Gasteiger partial charge in [-0.25, -0.2) is 4.68 Å². The van der Waals surface area contributed by atoms with Crippen LogP contribution in [0.4, 0.5) is 13.2 Å². The molecule has 21 heavy (non-hydrogen) atoms. The van der Waals surface area contributed by atoms with Crippen LogP contribution in [0, 0.1) is 0 Å². The van der Waals surface area contributed by atoms with Crippen LogP contribution in [0.3, 0.4) is 0 Å². The molecule has 1 atom stereocenters. The van der Waals surface area contributed by atoms with E-state index in [1.54, 1.807) is 12.1 Å². The summed E-state index contributed by atoms with van der Waals surface area (Å²) in [5.41, 5.74) is 0.595. The minimum Gasteiger partial charge on any atom is -0.309 e. The van der Waals surface area contributed by atoms with Gasteiger partial charge in [-0.15, -0.1) is 0 Å². The molecule has 2 aromatic rings. The molecule has 0 spiro atoms. The third-order valence-electron chi connectivity index (χ3n) is 3.16. The fourth-order valence-electron chi connectivity index (χ4n) is 2.05. The van der Waals surface area contributed by atoms with Crippen molar-refractivity contribution in [3.63, 3.8) is 0 Å². The summed E-state index contributed by atoms with van der Waals surface area (Å²) in [4.78, 5) is 4.31. The van der Waals surface area contributed by atoms with Gasteiger partial charge in [-0.05, 0) is 25.1 Å². The Morgan fingerprint density at radius 1 is 1.24 bits per heavy atom. The predicted molar refractivity (Wildman–Crippen MR) is 73.1 cm³/mol. The van der Waals surface area contributed by atoms with Crippen molar-refractivity contribution in [2.24, 2.45) is 0 Å². The highest BCUT2D eigenvalue weighted by atomic mass is 19.4. The van der Waals surface area contributed by atoms with Crippen LogP contribution in [0.1, 0.15) is 37.6 Å². The van der Waals surface area contributed by atoms with Crippen molar-refractivity contribution in [1.82, 2.24) is 20.1 Å². The second kappa shape index (κ2) is 6.26. The lowest BCUT2D eigenvalue weighted by Gasteiger charge is -2.15. The Hall–Kier alpha value is -1.89. The zero-order valence-electron chi connectivity index (χ0n) is 11.9. The average molecular weight is 298 g/mol. The first kappa shape index (κ1) is 15.5. The molecule has 0 aliphatic carbocycles. The molecule has 2 aromatic heterocycles. The van der Waals surface area contributed by atoms with Crippen molar-refractivity contribution in [2.75, 3.05) is 6.54 Å². The second-order valence-corrected chi connectivity index (χ2v) is 4.63. The number of alkyl halides is 3. The molecule has 1 unspecified atom stereocenters. The average Bonchev–Trinajstić information content (AvgIpc) is 2.95. The van der Waals surface area contributed by atoms with E-state index in [0.717, 1.165) is 31.1 Å². The van der Waals surface area contributed by atoms with Crippen LogP contribution < -0.4 is 5.32 Å². The molecule has 0 aliphatic rings. The molecule has 0 aromatic carbocycles. The van der Waals surface area contributed by atoms with E-state index < -0.39 is 11.7 Å². The molecular formula is C14H17F3N4. The summed E-state index contributed by atoms with van der Waals surface area (Å²) in [7, 11) is 0. The third kappa shape index (κ3) is 3.60. The number of halogens is 3. The number of pyridine rings is 1. The normalized spacial score (nSPS) is 13.4. The summed E-state index contributed by atoms with van der Waals surface area (Å²) in [5, 5.41) is 7.02. The maximum absolute atomic E-state index is 12.5. The number of hydrogen-bond donors (Lipinski definition) is 1. The van der Waals surface area contributed by atoms with Crippen molar-refractivity contribution in [2.45, 2.75) is 32.5 Å². The van der Waals surface area contributed by atoms with Crippen LogP contribution in [0.2, 0.25) is 0 Å². The van der Waals surface area contributed by atoms with E-state index in [-0.39, 0.29) is 6.04 Å². The van der Waals surface area contributed by atoms with Crippen molar-refractivity contribution in [3.8, 4) is 5.69 Å². The van der Waals surface area contributed by atoms with Gasteiger partial charge in [0, 0.05) is 12.2 Å². The third-order valence-corrected chi connectivity index (χ3v) is 3.16. The monoisotopic (exact) mass is 298 g/mol. The number of nitrogens with zero attached hydrogens (tertiary/aromatic N) is 3. The molecule has 0 fully saturated rings. The topological polar surface area (TPSA) is 42.7 Å². The lowest BCUT2D eigenvalue weighted by atomic mass is 10.1. The van der Waals surface area contributed by atoms with Gasteiger partial charge < -0.3 is 5.32 Å². The first-order valence-corrected chi connectivity index (χ1v) is 6.77. The van der Waals surface area contributed by atoms with E-state index in [4.69, 9.17) is 0 Å². The van der Waals surface area contributed by atoms with Gasteiger partial charge in [0.05, 0.1) is 29.3 Å². The highest BCUT2D eigenvalue weighted by Gasteiger charge is 2.32. The summed E-state index contributed by atoms with van der Waals surface area (Å²) < 4.78 is 38.8. The first-order valence-electron chi connectivity index (χ1n) is 6.77. The van der Waals surface area contributed by atoms with Crippen LogP contribution >= 0.6 is 0 Å². The Labute approximate surface area is 121 Å². The molecule has 0 aliphatic heterocycles. The van der Waals surface area contributed by atoms with E-state index in [1.807, 2.05) is 13.8 Å². The molecule has 0 amide bonds. The molecule has 4 nitrogen and oxygen atoms in total. The van der Waals surface area contributed by atoms with Gasteiger partial charge in [0.15, 0.2) is 0 Å². The molecule has 114 valence electrons. The first-order chi connectivity index (χ1) is 9.95. The van der Waals surface area contributed by atoms with Gasteiger partial charge in [-0.1, -0.05) is 13.8 Å². The highest BCUT2D eigenvalue weighted by molar-refractivity contribution is 5.30. The summed E-state index contributed by atoms with van der Waals surface area (Å²) >= 11 is 0. The smallest absolute Gasteiger partial charge is 0.309 e. The molecule has 0 saturated carbocycles. The number of hydrogen-bond acceptors (Lipinski definition) is 3. The fourth-order valence-corrected chi connectivity index (χ4v) is 2.05. The Bertz CT molecular complexity index is 575. The minimum absolute atomic E-state index is 0.146. The van der Waals surface area contributed by atoms with Crippen LogP contribution in [-0.2, 0) is 6.18 Å². The summed E-state index contributed by atoms with van der Waals surface area (Å²) in [5.74, 6) is 0. The van der Waals surface area contributed by atoms with Gasteiger partial charge in [-0.3, -0.25) is 4.98 Å². The fraction of sp³-hybridized carbons (Fsp3) is 0.429. The van der Waals surface area contributed by atoms with Crippen molar-refractivity contribution in [3.05, 3.63) is 42.0 Å². The zero-order valence-corrected chi connectivity index (χ0v) is 11.9. The van der Waals surface area contributed by atoms with Gasteiger partial charge >= 0.3 is 6.18 Å². The van der Waals surface area contributed by atoms with E-state index >= 15 is 0 Å². The molecule has 1 N–H and O–H groups in total. The molecule has 0 saturated heterocycles. The maximum Gasteiger partial charge on any atom is 0.419 e. The lowest BCUT2D eigenvalue weighted by Crippen LogP contribution is -2.21. The standard InChI is InChI=1S/C14H17F3N4/c1-3-12(18-4-2)13-6-5-11(8-19-13)21-9-10(7-20-21)14(15,16)17/h5-9,12,18H,3-4H2,1-2H3. The van der Waals surface area contributed by atoms with Crippen LogP contribution in [-0.4, -0.2) is 21.3 Å². The van der Waals surface area contributed by atoms with Gasteiger partial charge in [0.1, 0.15) is 0 Å². The van der Waals surface area contributed by atoms with Gasteiger partial charge in [0.25, 0.3) is 0 Å². The Morgan fingerprint density at radius 2 is 2.00 bits per heavy atom. The van der Waals surface area contributed by atoms with Crippen LogP contribution in [0.15, 0.2) is 30.7 Å². The Balaban J connectivity index is 2.21. The summed E-state index contributed by atoms with van der Waals surface area (Å²) in [6.45, 7) is 4.89. The van der Waals surface area contributed by atoms with Crippen LogP contribution in [0.5, 0.6) is 0 Å². The molecule has 2 rings (SSSR count). The van der Waals surface area contributed by atoms with E-state index in [1.165, 1.54) is 10.9 Å². The lowest BCUT2D eigenvalue weighted by molar-refractivity contribution is -0.137. The number of rotatable bonds is 5. The quantitative estimate of drug-likeness (QED) is 0.920.